The molecule has 2 aliphatic carbocycles. The molecule has 0 spiro atoms. The molecule has 3 heterocycles. The van der Waals surface area contributed by atoms with Crippen LogP contribution in [0.25, 0.3) is 38.6 Å². The molecule has 0 saturated heterocycles. The Labute approximate surface area is 281 Å². The van der Waals surface area contributed by atoms with Crippen molar-refractivity contribution in [3.05, 3.63) is 148 Å². The van der Waals surface area contributed by atoms with Crippen LogP contribution in [0.5, 0.6) is 0 Å². The molecule has 2 nitrogen and oxygen atoms in total. The summed E-state index contributed by atoms with van der Waals surface area (Å²) in [7, 11) is 0. The Hall–Kier alpha value is -4.89. The molecule has 0 amide bonds. The molecule has 0 radical (unpaired) electrons. The van der Waals surface area contributed by atoms with Crippen molar-refractivity contribution >= 4 is 33.2 Å². The fourth-order valence-corrected chi connectivity index (χ4v) is 9.69. The standard InChI is InChI=1S/C45H39FN2/c1-43(2)34-13-8-7-11-30(34)31-22-21-28(24-38(31)43)47(27-19-17-26(46)18-20-27)29-23-33-32-12-9-14-35-40(32)48-41(33)39(25-29)45(5,6)37-16-10-15-36(42(37)48)44(35,3)4/h7-17,19,21-25H,18,20H2,1-6H3. The zero-order valence-electron chi connectivity index (χ0n) is 28.5. The van der Waals surface area contributed by atoms with Crippen LogP contribution in [-0.4, -0.2) is 4.57 Å². The fraction of sp³-hybridized carbons (Fsp3) is 0.244. The molecular formula is C45H39FN2. The van der Waals surface area contributed by atoms with Gasteiger partial charge in [0, 0.05) is 50.5 Å². The number of nitrogens with zero attached hydrogens (tertiary/aromatic N) is 2. The van der Waals surface area contributed by atoms with E-state index >= 15 is 0 Å². The molecule has 236 valence electrons. The summed E-state index contributed by atoms with van der Waals surface area (Å²) in [6, 6.07) is 34.4. The second-order valence-electron chi connectivity index (χ2n) is 15.9. The first-order valence-electron chi connectivity index (χ1n) is 17.4. The molecule has 10 rings (SSSR count). The average Bonchev–Trinajstić information content (AvgIpc) is 3.53. The molecule has 0 N–H and O–H groups in total. The molecule has 0 atom stereocenters. The number of para-hydroxylation sites is 2. The maximum atomic E-state index is 14.5. The Morgan fingerprint density at radius 2 is 1.17 bits per heavy atom. The lowest BCUT2D eigenvalue weighted by Gasteiger charge is -2.42. The zero-order chi connectivity index (χ0) is 32.9. The molecule has 5 aromatic carbocycles. The van der Waals surface area contributed by atoms with E-state index in [1.165, 1.54) is 72.0 Å². The van der Waals surface area contributed by atoms with E-state index in [0.29, 0.717) is 12.8 Å². The predicted molar refractivity (Wildman–Crippen MR) is 198 cm³/mol. The molecule has 0 fully saturated rings. The van der Waals surface area contributed by atoms with Crippen LogP contribution in [0.2, 0.25) is 0 Å². The molecule has 4 aliphatic rings. The highest BCUT2D eigenvalue weighted by Crippen LogP contribution is 2.57. The van der Waals surface area contributed by atoms with Crippen molar-refractivity contribution < 1.29 is 4.39 Å². The van der Waals surface area contributed by atoms with Crippen molar-refractivity contribution in [3.8, 4) is 16.8 Å². The Morgan fingerprint density at radius 1 is 0.542 bits per heavy atom. The lowest BCUT2D eigenvalue weighted by atomic mass is 9.68. The Balaban J connectivity index is 1.29. The van der Waals surface area contributed by atoms with Gasteiger partial charge < -0.3 is 9.47 Å². The molecular weight excluding hydrogens is 588 g/mol. The Kier molecular flexibility index (Phi) is 5.26. The summed E-state index contributed by atoms with van der Waals surface area (Å²) in [4.78, 5) is 2.41. The molecule has 0 bridgehead atoms. The van der Waals surface area contributed by atoms with Gasteiger partial charge in [0.15, 0.2) is 0 Å². The maximum Gasteiger partial charge on any atom is 0.100 e. The minimum atomic E-state index is -0.224. The van der Waals surface area contributed by atoms with Gasteiger partial charge in [0.2, 0.25) is 0 Å². The third kappa shape index (κ3) is 3.32. The molecule has 0 unspecified atom stereocenters. The minimum Gasteiger partial charge on any atom is -0.314 e. The number of hydrogen-bond acceptors (Lipinski definition) is 1. The monoisotopic (exact) mass is 626 g/mol. The van der Waals surface area contributed by atoms with Crippen molar-refractivity contribution in [1.29, 1.82) is 0 Å². The number of halogens is 1. The molecule has 6 aromatic rings. The largest absolute Gasteiger partial charge is 0.314 e. The summed E-state index contributed by atoms with van der Waals surface area (Å²) in [5.41, 5.74) is 17.7. The first-order valence-corrected chi connectivity index (χ1v) is 17.4. The third-order valence-electron chi connectivity index (χ3n) is 12.3. The van der Waals surface area contributed by atoms with E-state index in [0.717, 1.165) is 17.1 Å². The Morgan fingerprint density at radius 3 is 1.94 bits per heavy atom. The number of anilines is 2. The molecule has 0 saturated carbocycles. The number of benzene rings is 5. The molecule has 3 heteroatoms. The molecule has 2 aliphatic heterocycles. The van der Waals surface area contributed by atoms with Gasteiger partial charge in [-0.15, -0.1) is 0 Å². The number of allylic oxidation sites excluding steroid dienone is 4. The summed E-state index contributed by atoms with van der Waals surface area (Å²) in [5, 5.41) is 2.58. The van der Waals surface area contributed by atoms with E-state index in [4.69, 9.17) is 0 Å². The van der Waals surface area contributed by atoms with Crippen LogP contribution in [0.1, 0.15) is 87.8 Å². The van der Waals surface area contributed by atoms with Gasteiger partial charge in [-0.1, -0.05) is 108 Å². The average molecular weight is 627 g/mol. The Bertz CT molecular complexity index is 2500. The van der Waals surface area contributed by atoms with Gasteiger partial charge in [0.25, 0.3) is 0 Å². The molecule has 48 heavy (non-hydrogen) atoms. The normalized spacial score (nSPS) is 18.5. The van der Waals surface area contributed by atoms with Crippen molar-refractivity contribution in [1.82, 2.24) is 4.57 Å². The number of fused-ring (bicyclic) bond motifs is 4. The van der Waals surface area contributed by atoms with Gasteiger partial charge in [-0.05, 0) is 87.3 Å². The lowest BCUT2D eigenvalue weighted by Crippen LogP contribution is -2.33. The number of aromatic nitrogens is 1. The number of hydrogen-bond donors (Lipinski definition) is 0. The van der Waals surface area contributed by atoms with Crippen molar-refractivity contribution in [2.75, 3.05) is 4.90 Å². The highest BCUT2D eigenvalue weighted by molar-refractivity contribution is 6.15. The van der Waals surface area contributed by atoms with Crippen LogP contribution in [0.3, 0.4) is 0 Å². The van der Waals surface area contributed by atoms with Crippen LogP contribution >= 0.6 is 0 Å². The quantitative estimate of drug-likeness (QED) is 0.190. The van der Waals surface area contributed by atoms with Crippen LogP contribution < -0.4 is 4.90 Å². The maximum absolute atomic E-state index is 14.5. The first kappa shape index (κ1) is 28.2. The lowest BCUT2D eigenvalue weighted by molar-refractivity contribution is 0.580. The highest BCUT2D eigenvalue weighted by atomic mass is 19.1. The van der Waals surface area contributed by atoms with E-state index in [2.05, 4.69) is 142 Å². The summed E-state index contributed by atoms with van der Waals surface area (Å²) in [6.45, 7) is 14.2. The molecule has 1 aromatic heterocycles. The van der Waals surface area contributed by atoms with Gasteiger partial charge in [0.1, 0.15) is 5.83 Å². The smallest absolute Gasteiger partial charge is 0.100 e. The second kappa shape index (κ2) is 8.96. The van der Waals surface area contributed by atoms with Gasteiger partial charge in [-0.2, -0.15) is 0 Å². The summed E-state index contributed by atoms with van der Waals surface area (Å²) in [6.07, 6.45) is 4.71. The van der Waals surface area contributed by atoms with Crippen LogP contribution in [0, 0.1) is 0 Å². The highest BCUT2D eigenvalue weighted by Gasteiger charge is 2.44. The first-order chi connectivity index (χ1) is 23.0. The topological polar surface area (TPSA) is 8.17 Å². The van der Waals surface area contributed by atoms with E-state index < -0.39 is 0 Å². The summed E-state index contributed by atoms with van der Waals surface area (Å²) < 4.78 is 17.1. The van der Waals surface area contributed by atoms with Crippen molar-refractivity contribution in [2.24, 2.45) is 0 Å². The van der Waals surface area contributed by atoms with Gasteiger partial charge >= 0.3 is 0 Å². The van der Waals surface area contributed by atoms with Crippen LogP contribution in [-0.2, 0) is 16.2 Å². The van der Waals surface area contributed by atoms with Crippen molar-refractivity contribution in [3.63, 3.8) is 0 Å². The van der Waals surface area contributed by atoms with Gasteiger partial charge in [-0.25, -0.2) is 4.39 Å². The predicted octanol–water partition coefficient (Wildman–Crippen LogP) is 12.0. The van der Waals surface area contributed by atoms with Crippen molar-refractivity contribution in [2.45, 2.75) is 70.6 Å². The van der Waals surface area contributed by atoms with E-state index in [1.54, 1.807) is 6.08 Å². The zero-order valence-corrected chi connectivity index (χ0v) is 28.5. The third-order valence-corrected chi connectivity index (χ3v) is 12.3. The summed E-state index contributed by atoms with van der Waals surface area (Å²) >= 11 is 0. The minimum absolute atomic E-state index is 0.0556. The fourth-order valence-electron chi connectivity index (χ4n) is 9.69. The summed E-state index contributed by atoms with van der Waals surface area (Å²) in [5.74, 6) is -0.0556. The van der Waals surface area contributed by atoms with E-state index in [1.807, 2.05) is 6.08 Å². The van der Waals surface area contributed by atoms with Crippen LogP contribution in [0.4, 0.5) is 15.8 Å². The number of rotatable bonds is 3. The van der Waals surface area contributed by atoms with Crippen LogP contribution in [0.15, 0.2) is 115 Å². The van der Waals surface area contributed by atoms with E-state index in [-0.39, 0.29) is 22.1 Å². The second-order valence-corrected chi connectivity index (χ2v) is 15.9. The van der Waals surface area contributed by atoms with E-state index in [9.17, 15) is 4.39 Å². The SMILES string of the molecule is CC1(C)c2ccccc2-c2ccc(N(C3=CC=C(F)CC3)c3cc4c5c(c3)c3cccc6c3n5-c3c(cccc3C4(C)C)C6(C)C)cc21. The van der Waals surface area contributed by atoms with Gasteiger partial charge in [0.05, 0.1) is 16.7 Å². The van der Waals surface area contributed by atoms with Gasteiger partial charge in [-0.3, -0.25) is 0 Å².